The van der Waals surface area contributed by atoms with E-state index in [0.717, 1.165) is 39.0 Å². The van der Waals surface area contributed by atoms with Crippen LogP contribution in [0.1, 0.15) is 24.4 Å². The van der Waals surface area contributed by atoms with Gasteiger partial charge in [0.1, 0.15) is 0 Å². The van der Waals surface area contributed by atoms with Gasteiger partial charge in [0.05, 0.1) is 18.2 Å². The number of fused-ring (bicyclic) bond motifs is 1. The SMILES string of the molecule is O[C@@H]1C[C@@H]2CN(CC3CNNC3c3ccccc3)C[C@@H]2C[C@H]1O. The highest BCUT2D eigenvalue weighted by Gasteiger charge is 2.42. The number of likely N-dealkylation sites (tertiary alicyclic amines) is 1. The lowest BCUT2D eigenvalue weighted by Gasteiger charge is -2.32. The van der Waals surface area contributed by atoms with Crippen molar-refractivity contribution in [3.05, 3.63) is 35.9 Å². The summed E-state index contributed by atoms with van der Waals surface area (Å²) in [6, 6.07) is 11.0. The van der Waals surface area contributed by atoms with Crippen LogP contribution in [0, 0.1) is 17.8 Å². The van der Waals surface area contributed by atoms with Crippen molar-refractivity contribution in [1.82, 2.24) is 15.8 Å². The molecule has 0 amide bonds. The normalized spacial score (nSPS) is 41.1. The molecule has 5 heteroatoms. The molecule has 2 unspecified atom stereocenters. The lowest BCUT2D eigenvalue weighted by Crippen LogP contribution is -2.38. The minimum atomic E-state index is -0.525. The Morgan fingerprint density at radius 1 is 1.00 bits per heavy atom. The Bertz CT molecular complexity index is 508. The molecule has 3 fully saturated rings. The Morgan fingerprint density at radius 2 is 1.65 bits per heavy atom. The Kier molecular flexibility index (Phi) is 4.39. The fourth-order valence-corrected chi connectivity index (χ4v) is 4.71. The Morgan fingerprint density at radius 3 is 2.30 bits per heavy atom. The molecule has 126 valence electrons. The van der Waals surface area contributed by atoms with Crippen molar-refractivity contribution in [3.8, 4) is 0 Å². The van der Waals surface area contributed by atoms with Gasteiger partial charge >= 0.3 is 0 Å². The molecular formula is C18H27N3O2. The van der Waals surface area contributed by atoms with Crippen molar-refractivity contribution < 1.29 is 10.2 Å². The smallest absolute Gasteiger partial charge is 0.0802 e. The monoisotopic (exact) mass is 317 g/mol. The van der Waals surface area contributed by atoms with Gasteiger partial charge in [-0.1, -0.05) is 30.3 Å². The third-order valence-electron chi connectivity index (χ3n) is 5.93. The van der Waals surface area contributed by atoms with Crippen LogP contribution in [-0.4, -0.2) is 53.5 Å². The maximum absolute atomic E-state index is 9.90. The molecule has 0 aromatic heterocycles. The van der Waals surface area contributed by atoms with Crippen molar-refractivity contribution >= 4 is 0 Å². The molecule has 2 heterocycles. The molecule has 0 spiro atoms. The van der Waals surface area contributed by atoms with Gasteiger partial charge in [-0.05, 0) is 30.2 Å². The van der Waals surface area contributed by atoms with E-state index in [2.05, 4.69) is 46.1 Å². The number of benzene rings is 1. The highest BCUT2D eigenvalue weighted by Crippen LogP contribution is 2.37. The number of hydrogen-bond donors (Lipinski definition) is 4. The molecule has 2 saturated heterocycles. The molecule has 2 aliphatic heterocycles. The van der Waals surface area contributed by atoms with Crippen LogP contribution >= 0.6 is 0 Å². The largest absolute Gasteiger partial charge is 0.390 e. The van der Waals surface area contributed by atoms with E-state index in [4.69, 9.17) is 0 Å². The minimum absolute atomic E-state index is 0.356. The highest BCUT2D eigenvalue weighted by atomic mass is 16.3. The fourth-order valence-electron chi connectivity index (χ4n) is 4.71. The third-order valence-corrected chi connectivity index (χ3v) is 5.93. The van der Waals surface area contributed by atoms with Gasteiger partial charge in [-0.2, -0.15) is 0 Å². The lowest BCUT2D eigenvalue weighted by molar-refractivity contribution is -0.0372. The van der Waals surface area contributed by atoms with Gasteiger partial charge < -0.3 is 15.1 Å². The highest BCUT2D eigenvalue weighted by molar-refractivity contribution is 5.20. The van der Waals surface area contributed by atoms with Crippen LogP contribution in [0.25, 0.3) is 0 Å². The number of aliphatic hydroxyl groups is 2. The second kappa shape index (κ2) is 6.49. The van der Waals surface area contributed by atoms with Crippen LogP contribution in [0.3, 0.4) is 0 Å². The molecule has 1 aliphatic carbocycles. The zero-order chi connectivity index (χ0) is 15.8. The van der Waals surface area contributed by atoms with Gasteiger partial charge in [0.25, 0.3) is 0 Å². The first-order chi connectivity index (χ1) is 11.2. The van der Waals surface area contributed by atoms with Gasteiger partial charge in [-0.3, -0.25) is 5.43 Å². The zero-order valence-electron chi connectivity index (χ0n) is 13.4. The fraction of sp³-hybridized carbons (Fsp3) is 0.667. The van der Waals surface area contributed by atoms with Gasteiger partial charge in [-0.15, -0.1) is 0 Å². The van der Waals surface area contributed by atoms with E-state index in [1.54, 1.807) is 0 Å². The van der Waals surface area contributed by atoms with Crippen LogP contribution in [0.15, 0.2) is 30.3 Å². The molecule has 4 N–H and O–H groups in total. The van der Waals surface area contributed by atoms with E-state index >= 15 is 0 Å². The summed E-state index contributed by atoms with van der Waals surface area (Å²) in [5.74, 6) is 1.64. The van der Waals surface area contributed by atoms with Crippen LogP contribution in [0.4, 0.5) is 0 Å². The summed E-state index contributed by atoms with van der Waals surface area (Å²) in [4.78, 5) is 2.54. The molecule has 1 aromatic rings. The third kappa shape index (κ3) is 3.16. The van der Waals surface area contributed by atoms with Crippen molar-refractivity contribution in [2.75, 3.05) is 26.2 Å². The molecule has 6 atom stereocenters. The summed E-state index contributed by atoms with van der Waals surface area (Å²) in [5.41, 5.74) is 8.07. The summed E-state index contributed by atoms with van der Waals surface area (Å²) < 4.78 is 0. The predicted molar refractivity (Wildman–Crippen MR) is 88.5 cm³/mol. The van der Waals surface area contributed by atoms with E-state index < -0.39 is 12.2 Å². The Labute approximate surface area is 137 Å². The number of hydrogen-bond acceptors (Lipinski definition) is 5. The van der Waals surface area contributed by atoms with Gasteiger partial charge in [0.15, 0.2) is 0 Å². The summed E-state index contributed by atoms with van der Waals surface area (Å²) in [6.07, 6.45) is 0.461. The molecule has 0 bridgehead atoms. The standard InChI is InChI=1S/C18H27N3O2/c22-16-6-13-9-21(10-14(13)7-17(16)23)11-15-8-19-20-18(15)12-4-2-1-3-5-12/h1-5,13-20,22-23H,6-11H2/t13-,14+,15?,16-,17-,18?/m1/s1. The zero-order valence-corrected chi connectivity index (χ0v) is 13.4. The summed E-state index contributed by atoms with van der Waals surface area (Å²) in [5, 5.41) is 19.8. The minimum Gasteiger partial charge on any atom is -0.390 e. The van der Waals surface area contributed by atoms with Crippen molar-refractivity contribution in [1.29, 1.82) is 0 Å². The van der Waals surface area contributed by atoms with Gasteiger partial charge in [0.2, 0.25) is 0 Å². The molecule has 3 aliphatic rings. The average molecular weight is 317 g/mol. The second-order valence-corrected chi connectivity index (χ2v) is 7.52. The molecule has 1 saturated carbocycles. The number of rotatable bonds is 3. The van der Waals surface area contributed by atoms with Crippen LogP contribution in [0.2, 0.25) is 0 Å². The van der Waals surface area contributed by atoms with Crippen LogP contribution < -0.4 is 10.9 Å². The predicted octanol–water partition coefficient (Wildman–Crippen LogP) is 0.515. The quantitative estimate of drug-likeness (QED) is 0.654. The topological polar surface area (TPSA) is 67.8 Å². The van der Waals surface area contributed by atoms with Crippen LogP contribution in [-0.2, 0) is 0 Å². The van der Waals surface area contributed by atoms with Crippen molar-refractivity contribution in [2.24, 2.45) is 17.8 Å². The number of nitrogens with zero attached hydrogens (tertiary/aromatic N) is 1. The van der Waals surface area contributed by atoms with E-state index in [-0.39, 0.29) is 0 Å². The van der Waals surface area contributed by atoms with E-state index in [1.807, 2.05) is 0 Å². The number of hydrazine groups is 1. The summed E-state index contributed by atoms with van der Waals surface area (Å²) in [7, 11) is 0. The number of nitrogens with one attached hydrogen (secondary N) is 2. The Hall–Kier alpha value is -0.980. The number of aliphatic hydroxyl groups excluding tert-OH is 2. The first kappa shape index (κ1) is 15.5. The summed E-state index contributed by atoms with van der Waals surface area (Å²) >= 11 is 0. The van der Waals surface area contributed by atoms with Gasteiger partial charge in [-0.25, -0.2) is 5.43 Å². The van der Waals surface area contributed by atoms with Crippen molar-refractivity contribution in [2.45, 2.75) is 31.1 Å². The molecule has 5 nitrogen and oxygen atoms in total. The second-order valence-electron chi connectivity index (χ2n) is 7.52. The van der Waals surface area contributed by atoms with Gasteiger partial charge in [0, 0.05) is 32.1 Å². The van der Waals surface area contributed by atoms with E-state index in [0.29, 0.717) is 23.8 Å². The van der Waals surface area contributed by atoms with Crippen LogP contribution in [0.5, 0.6) is 0 Å². The molecule has 0 radical (unpaired) electrons. The van der Waals surface area contributed by atoms with E-state index in [1.165, 1.54) is 5.56 Å². The van der Waals surface area contributed by atoms with E-state index in [9.17, 15) is 10.2 Å². The first-order valence-electron chi connectivity index (χ1n) is 8.82. The molecule has 4 rings (SSSR count). The lowest BCUT2D eigenvalue weighted by atomic mass is 9.79. The maximum Gasteiger partial charge on any atom is 0.0802 e. The first-order valence-corrected chi connectivity index (χ1v) is 8.82. The summed E-state index contributed by atoms with van der Waals surface area (Å²) in [6.45, 7) is 4.17. The Balaban J connectivity index is 1.39. The molecule has 1 aromatic carbocycles. The maximum atomic E-state index is 9.90. The van der Waals surface area contributed by atoms with Crippen molar-refractivity contribution in [3.63, 3.8) is 0 Å². The molecular weight excluding hydrogens is 290 g/mol. The average Bonchev–Trinajstić information content (AvgIpc) is 3.15. The molecule has 23 heavy (non-hydrogen) atoms.